The van der Waals surface area contributed by atoms with Crippen LogP contribution in [0.1, 0.15) is 23.3 Å². The van der Waals surface area contributed by atoms with E-state index >= 15 is 0 Å². The summed E-state index contributed by atoms with van der Waals surface area (Å²) in [6, 6.07) is 0. The van der Waals surface area contributed by atoms with Gasteiger partial charge in [-0.2, -0.15) is 8.75 Å². The van der Waals surface area contributed by atoms with Gasteiger partial charge in [0.05, 0.1) is 17.9 Å². The molecule has 0 atom stereocenters. The molecule has 4 heteroatoms. The molecule has 0 aromatic carbocycles. The van der Waals surface area contributed by atoms with E-state index in [9.17, 15) is 4.79 Å². The van der Waals surface area contributed by atoms with Crippen LogP contribution in [0.15, 0.2) is 6.20 Å². The maximum atomic E-state index is 11.1. The highest BCUT2D eigenvalue weighted by molar-refractivity contribution is 6.99. The standard InChI is InChI=1S/C7H6N2OS/c1-2-3-4-7(10)6-5-8-11-9-6/h1,5H,3-4H2. The maximum absolute atomic E-state index is 11.1. The Kier molecular flexibility index (Phi) is 2.75. The van der Waals surface area contributed by atoms with E-state index in [1.165, 1.54) is 6.20 Å². The summed E-state index contributed by atoms with van der Waals surface area (Å²) < 4.78 is 7.49. The van der Waals surface area contributed by atoms with Gasteiger partial charge in [0.15, 0.2) is 5.78 Å². The van der Waals surface area contributed by atoms with Crippen LogP contribution in [0, 0.1) is 12.3 Å². The number of hydrogen-bond acceptors (Lipinski definition) is 4. The van der Waals surface area contributed by atoms with E-state index in [1.807, 2.05) is 0 Å². The Balaban J connectivity index is 2.51. The van der Waals surface area contributed by atoms with Gasteiger partial charge in [-0.05, 0) is 0 Å². The van der Waals surface area contributed by atoms with E-state index in [0.29, 0.717) is 18.5 Å². The van der Waals surface area contributed by atoms with Gasteiger partial charge in [0.1, 0.15) is 5.69 Å². The number of carbonyl (C=O) groups is 1. The molecule has 0 saturated carbocycles. The third-order valence-corrected chi connectivity index (χ3v) is 1.62. The summed E-state index contributed by atoms with van der Waals surface area (Å²) in [6.07, 6.45) is 7.29. The minimum atomic E-state index is -0.0308. The molecule has 0 aliphatic heterocycles. The molecule has 3 nitrogen and oxygen atoms in total. The number of nitrogens with zero attached hydrogens (tertiary/aromatic N) is 2. The molecule has 1 rings (SSSR count). The first kappa shape index (κ1) is 7.89. The molecule has 0 aliphatic rings. The molecular formula is C7H6N2OS. The first-order valence-corrected chi connectivity index (χ1v) is 3.82. The lowest BCUT2D eigenvalue weighted by Gasteiger charge is -1.88. The zero-order valence-corrected chi connectivity index (χ0v) is 6.60. The fourth-order valence-electron chi connectivity index (χ4n) is 0.601. The molecule has 0 aliphatic carbocycles. The minimum absolute atomic E-state index is 0.0308. The largest absolute Gasteiger partial charge is 0.292 e. The average molecular weight is 166 g/mol. The lowest BCUT2D eigenvalue weighted by molar-refractivity contribution is 0.0980. The van der Waals surface area contributed by atoms with Crippen LogP contribution in [-0.2, 0) is 0 Å². The number of terminal acetylenes is 1. The molecule has 0 spiro atoms. The van der Waals surface area contributed by atoms with Gasteiger partial charge in [-0.25, -0.2) is 0 Å². The molecule has 0 bridgehead atoms. The van der Waals surface area contributed by atoms with Crippen LogP contribution >= 0.6 is 11.7 Å². The Morgan fingerprint density at radius 1 is 1.82 bits per heavy atom. The van der Waals surface area contributed by atoms with Crippen molar-refractivity contribution in [3.63, 3.8) is 0 Å². The van der Waals surface area contributed by atoms with Gasteiger partial charge in [-0.15, -0.1) is 12.3 Å². The van der Waals surface area contributed by atoms with Crippen molar-refractivity contribution in [2.45, 2.75) is 12.8 Å². The van der Waals surface area contributed by atoms with Crippen LogP contribution in [0.5, 0.6) is 0 Å². The second-order valence-corrected chi connectivity index (χ2v) is 2.48. The third-order valence-electron chi connectivity index (χ3n) is 1.14. The van der Waals surface area contributed by atoms with Crippen molar-refractivity contribution in [1.82, 2.24) is 8.75 Å². The summed E-state index contributed by atoms with van der Waals surface area (Å²) in [5.74, 6) is 2.36. The number of rotatable bonds is 3. The van der Waals surface area contributed by atoms with E-state index in [0.717, 1.165) is 11.7 Å². The summed E-state index contributed by atoms with van der Waals surface area (Å²) in [5, 5.41) is 0. The highest BCUT2D eigenvalue weighted by Gasteiger charge is 2.06. The molecule has 0 N–H and O–H groups in total. The second kappa shape index (κ2) is 3.84. The smallest absolute Gasteiger partial charge is 0.184 e. The number of carbonyl (C=O) groups excluding carboxylic acids is 1. The van der Waals surface area contributed by atoms with Crippen molar-refractivity contribution in [2.24, 2.45) is 0 Å². The predicted octanol–water partition coefficient (Wildman–Crippen LogP) is 1.13. The SMILES string of the molecule is C#CCCC(=O)c1cnsn1. The second-order valence-electron chi connectivity index (χ2n) is 1.92. The van der Waals surface area contributed by atoms with Crippen LogP contribution < -0.4 is 0 Å². The number of ketones is 1. The van der Waals surface area contributed by atoms with Crippen molar-refractivity contribution >= 4 is 17.5 Å². The first-order valence-electron chi connectivity index (χ1n) is 3.09. The average Bonchev–Trinajstić information content (AvgIpc) is 2.52. The van der Waals surface area contributed by atoms with Crippen LogP contribution in [0.2, 0.25) is 0 Å². The fraction of sp³-hybridized carbons (Fsp3) is 0.286. The quantitative estimate of drug-likeness (QED) is 0.499. The van der Waals surface area contributed by atoms with E-state index in [1.54, 1.807) is 0 Å². The highest BCUT2D eigenvalue weighted by Crippen LogP contribution is 2.01. The van der Waals surface area contributed by atoms with E-state index < -0.39 is 0 Å². The van der Waals surface area contributed by atoms with Crippen molar-refractivity contribution in [3.05, 3.63) is 11.9 Å². The molecule has 11 heavy (non-hydrogen) atoms. The summed E-state index contributed by atoms with van der Waals surface area (Å²) in [6.45, 7) is 0. The van der Waals surface area contributed by atoms with Crippen LogP contribution in [0.4, 0.5) is 0 Å². The maximum Gasteiger partial charge on any atom is 0.184 e. The Labute approximate surface area is 68.8 Å². The molecule has 0 amide bonds. The molecule has 56 valence electrons. The van der Waals surface area contributed by atoms with Crippen molar-refractivity contribution in [3.8, 4) is 12.3 Å². The van der Waals surface area contributed by atoms with E-state index in [2.05, 4.69) is 14.7 Å². The molecule has 1 aromatic rings. The predicted molar refractivity (Wildman–Crippen MR) is 42.3 cm³/mol. The van der Waals surface area contributed by atoms with Gasteiger partial charge in [0, 0.05) is 12.8 Å². The van der Waals surface area contributed by atoms with Gasteiger partial charge in [0.25, 0.3) is 0 Å². The Morgan fingerprint density at radius 3 is 3.18 bits per heavy atom. The lowest BCUT2D eigenvalue weighted by atomic mass is 10.2. The monoisotopic (exact) mass is 166 g/mol. The van der Waals surface area contributed by atoms with Gasteiger partial charge in [-0.1, -0.05) is 0 Å². The molecule has 0 radical (unpaired) electrons. The molecule has 0 saturated heterocycles. The van der Waals surface area contributed by atoms with Crippen LogP contribution in [0.3, 0.4) is 0 Å². The summed E-state index contributed by atoms with van der Waals surface area (Å²) in [5.41, 5.74) is 0.422. The third kappa shape index (κ3) is 2.13. The normalized spacial score (nSPS) is 9.00. The fourth-order valence-corrected chi connectivity index (χ4v) is 1.03. The van der Waals surface area contributed by atoms with Gasteiger partial charge < -0.3 is 0 Å². The lowest BCUT2D eigenvalue weighted by Crippen LogP contribution is -1.97. The Morgan fingerprint density at radius 2 is 2.64 bits per heavy atom. The van der Waals surface area contributed by atoms with Crippen LogP contribution in [0.25, 0.3) is 0 Å². The van der Waals surface area contributed by atoms with Gasteiger partial charge in [-0.3, -0.25) is 4.79 Å². The number of Topliss-reactive ketones (excluding diaryl/α,β-unsaturated/α-hetero) is 1. The summed E-state index contributed by atoms with van der Waals surface area (Å²) >= 11 is 1.03. The number of aromatic nitrogens is 2. The van der Waals surface area contributed by atoms with Crippen molar-refractivity contribution in [1.29, 1.82) is 0 Å². The molecular weight excluding hydrogens is 160 g/mol. The molecule has 0 unspecified atom stereocenters. The van der Waals surface area contributed by atoms with Crippen molar-refractivity contribution in [2.75, 3.05) is 0 Å². The first-order chi connectivity index (χ1) is 5.34. The zero-order chi connectivity index (χ0) is 8.10. The van der Waals surface area contributed by atoms with Crippen LogP contribution in [-0.4, -0.2) is 14.5 Å². The van der Waals surface area contributed by atoms with Crippen molar-refractivity contribution < 1.29 is 4.79 Å². The Hall–Kier alpha value is -1.21. The van der Waals surface area contributed by atoms with Gasteiger partial charge >= 0.3 is 0 Å². The van der Waals surface area contributed by atoms with E-state index in [4.69, 9.17) is 6.42 Å². The zero-order valence-electron chi connectivity index (χ0n) is 5.78. The minimum Gasteiger partial charge on any atom is -0.292 e. The molecule has 0 fully saturated rings. The molecule has 1 heterocycles. The summed E-state index contributed by atoms with van der Waals surface area (Å²) in [4.78, 5) is 11.1. The summed E-state index contributed by atoms with van der Waals surface area (Å²) in [7, 11) is 0. The Bertz CT molecular complexity index is 273. The van der Waals surface area contributed by atoms with Gasteiger partial charge in [0.2, 0.25) is 0 Å². The topological polar surface area (TPSA) is 42.9 Å². The van der Waals surface area contributed by atoms with E-state index in [-0.39, 0.29) is 5.78 Å². The number of hydrogen-bond donors (Lipinski definition) is 0. The molecule has 1 aromatic heterocycles. The highest BCUT2D eigenvalue weighted by atomic mass is 32.1.